The second-order valence-electron chi connectivity index (χ2n) is 9.94. The van der Waals surface area contributed by atoms with E-state index in [1.54, 1.807) is 0 Å². The highest BCUT2D eigenvalue weighted by Crippen LogP contribution is 2.44. The van der Waals surface area contributed by atoms with E-state index in [0.717, 1.165) is 67.4 Å². The maximum atomic E-state index is 13.5. The van der Waals surface area contributed by atoms with Crippen LogP contribution in [0.5, 0.6) is 0 Å². The molecule has 4 aliphatic rings. The molecular weight excluding hydrogens is 406 g/mol. The standard InChI is InChI=1S/C26H34NO3S/c28-25(26(29,22-9-4-5-10-22)24-11-6-18-31-24)30-23-19-27(16-13-21(23)14-17-27)15-12-20-7-2-1-3-8-20/h1-3,6-8,11,18,21-23,29H,4-5,9-10,12-17,19H2/q+1/t21?,23-,26+,27?/m0/s1. The second kappa shape index (κ2) is 8.68. The molecule has 1 aromatic carbocycles. The Labute approximate surface area is 189 Å². The van der Waals surface area contributed by atoms with E-state index in [2.05, 4.69) is 30.3 Å². The molecule has 1 aliphatic carbocycles. The van der Waals surface area contributed by atoms with Crippen molar-refractivity contribution in [1.82, 2.24) is 0 Å². The number of carbonyl (C=O) groups excluding carboxylic acids is 1. The van der Waals surface area contributed by atoms with Crippen LogP contribution in [0.15, 0.2) is 47.8 Å². The lowest BCUT2D eigenvalue weighted by Gasteiger charge is -2.52. The van der Waals surface area contributed by atoms with Crippen molar-refractivity contribution in [3.8, 4) is 0 Å². The number of hydrogen-bond acceptors (Lipinski definition) is 4. The summed E-state index contributed by atoms with van der Waals surface area (Å²) in [5.74, 6) is 0.0135. The summed E-state index contributed by atoms with van der Waals surface area (Å²) in [5, 5.41) is 13.6. The molecule has 0 unspecified atom stereocenters. The van der Waals surface area contributed by atoms with Crippen molar-refractivity contribution in [2.24, 2.45) is 11.8 Å². The largest absolute Gasteiger partial charge is 0.454 e. The highest BCUT2D eigenvalue weighted by atomic mass is 32.1. The monoisotopic (exact) mass is 440 g/mol. The van der Waals surface area contributed by atoms with Crippen molar-refractivity contribution >= 4 is 17.3 Å². The molecule has 1 aromatic heterocycles. The molecule has 1 saturated carbocycles. The van der Waals surface area contributed by atoms with Gasteiger partial charge in [-0.25, -0.2) is 4.79 Å². The number of esters is 1. The fraction of sp³-hybridized carbons (Fsp3) is 0.577. The van der Waals surface area contributed by atoms with E-state index < -0.39 is 11.6 Å². The number of carbonyl (C=O) groups is 1. The minimum atomic E-state index is -1.48. The van der Waals surface area contributed by atoms with Gasteiger partial charge in [-0.05, 0) is 29.9 Å². The lowest BCUT2D eigenvalue weighted by Crippen LogP contribution is -2.65. The van der Waals surface area contributed by atoms with Crippen LogP contribution in [0, 0.1) is 11.8 Å². The van der Waals surface area contributed by atoms with Crippen LogP contribution >= 0.6 is 11.3 Å². The van der Waals surface area contributed by atoms with Crippen LogP contribution in [0.3, 0.4) is 0 Å². The number of nitrogens with zero attached hydrogens (tertiary/aromatic N) is 1. The van der Waals surface area contributed by atoms with Crippen molar-refractivity contribution < 1.29 is 19.1 Å². The van der Waals surface area contributed by atoms with Crippen molar-refractivity contribution in [3.63, 3.8) is 0 Å². The molecule has 166 valence electrons. The Hall–Kier alpha value is -1.69. The summed E-state index contributed by atoms with van der Waals surface area (Å²) in [6.45, 7) is 4.36. The SMILES string of the molecule is O=C(O[C@H]1C[N+]2(CCc3ccccc3)CCC1CC2)[C@](O)(c1cccs1)C1CCCC1. The molecule has 4 nitrogen and oxygen atoms in total. The maximum absolute atomic E-state index is 13.5. The molecule has 6 rings (SSSR count). The first-order valence-electron chi connectivity index (χ1n) is 12.0. The molecule has 31 heavy (non-hydrogen) atoms. The van der Waals surface area contributed by atoms with Gasteiger partial charge in [-0.1, -0.05) is 49.2 Å². The van der Waals surface area contributed by atoms with Gasteiger partial charge in [-0.3, -0.25) is 0 Å². The molecule has 0 amide bonds. The first-order valence-corrected chi connectivity index (χ1v) is 12.8. The summed E-state index contributed by atoms with van der Waals surface area (Å²) in [6.07, 6.45) is 7.19. The molecule has 3 saturated heterocycles. The molecule has 2 aromatic rings. The first-order chi connectivity index (χ1) is 15.1. The zero-order valence-electron chi connectivity index (χ0n) is 18.2. The molecule has 0 spiro atoms. The van der Waals surface area contributed by atoms with Gasteiger partial charge in [0.05, 0.1) is 19.6 Å². The van der Waals surface area contributed by atoms with Crippen molar-refractivity contribution in [3.05, 3.63) is 58.3 Å². The van der Waals surface area contributed by atoms with Gasteiger partial charge in [0, 0.05) is 36.0 Å². The summed E-state index contributed by atoms with van der Waals surface area (Å²) >= 11 is 1.47. The number of rotatable bonds is 7. The van der Waals surface area contributed by atoms with Crippen LogP contribution in [0.2, 0.25) is 0 Å². The zero-order valence-corrected chi connectivity index (χ0v) is 19.1. The average molecular weight is 441 g/mol. The molecule has 0 radical (unpaired) electrons. The Balaban J connectivity index is 1.30. The van der Waals surface area contributed by atoms with Gasteiger partial charge in [0.1, 0.15) is 6.54 Å². The molecule has 2 atom stereocenters. The molecule has 2 bridgehead atoms. The minimum absolute atomic E-state index is 0.0269. The van der Waals surface area contributed by atoms with Gasteiger partial charge in [-0.2, -0.15) is 0 Å². The lowest BCUT2D eigenvalue weighted by atomic mass is 9.81. The summed E-state index contributed by atoms with van der Waals surface area (Å²) in [5.41, 5.74) is -0.101. The summed E-state index contributed by atoms with van der Waals surface area (Å²) < 4.78 is 7.25. The van der Waals surface area contributed by atoms with Crippen LogP contribution in [-0.2, 0) is 21.6 Å². The highest BCUT2D eigenvalue weighted by molar-refractivity contribution is 7.10. The number of hydrogen-bond donors (Lipinski definition) is 1. The van der Waals surface area contributed by atoms with Gasteiger partial charge in [0.25, 0.3) is 0 Å². The summed E-state index contributed by atoms with van der Waals surface area (Å²) in [4.78, 5) is 14.3. The summed E-state index contributed by atoms with van der Waals surface area (Å²) in [7, 11) is 0. The van der Waals surface area contributed by atoms with Crippen molar-refractivity contribution in [1.29, 1.82) is 0 Å². The number of aliphatic hydroxyl groups is 1. The number of ether oxygens (including phenoxy) is 1. The van der Waals surface area contributed by atoms with Crippen LogP contribution < -0.4 is 0 Å². The Bertz CT molecular complexity index is 869. The highest BCUT2D eigenvalue weighted by Gasteiger charge is 2.53. The normalized spacial score (nSPS) is 30.2. The van der Waals surface area contributed by atoms with Crippen LogP contribution in [-0.4, -0.2) is 47.8 Å². The number of quaternary nitrogens is 1. The lowest BCUT2D eigenvalue weighted by molar-refractivity contribution is -0.946. The third kappa shape index (κ3) is 4.08. The minimum Gasteiger partial charge on any atom is -0.454 e. The van der Waals surface area contributed by atoms with E-state index in [0.29, 0.717) is 5.92 Å². The topological polar surface area (TPSA) is 46.5 Å². The van der Waals surface area contributed by atoms with Crippen LogP contribution in [0.1, 0.15) is 49.0 Å². The second-order valence-corrected chi connectivity index (χ2v) is 10.9. The van der Waals surface area contributed by atoms with E-state index in [-0.39, 0.29) is 12.0 Å². The Morgan fingerprint density at radius 3 is 2.48 bits per heavy atom. The Morgan fingerprint density at radius 1 is 1.06 bits per heavy atom. The van der Waals surface area contributed by atoms with E-state index in [1.165, 1.54) is 30.0 Å². The predicted octanol–water partition coefficient (Wildman–Crippen LogP) is 4.52. The third-order valence-corrected chi connectivity index (χ3v) is 9.17. The van der Waals surface area contributed by atoms with Gasteiger partial charge in [0.2, 0.25) is 0 Å². The predicted molar refractivity (Wildman–Crippen MR) is 123 cm³/mol. The zero-order chi connectivity index (χ0) is 21.3. The Kier molecular flexibility index (Phi) is 5.93. The molecular formula is C26H34NO3S+. The van der Waals surface area contributed by atoms with E-state index >= 15 is 0 Å². The van der Waals surface area contributed by atoms with Gasteiger partial charge < -0.3 is 14.3 Å². The number of thiophene rings is 1. The van der Waals surface area contributed by atoms with Crippen molar-refractivity contribution in [2.75, 3.05) is 26.2 Å². The molecule has 4 heterocycles. The first kappa shape index (κ1) is 21.2. The number of piperidine rings is 3. The van der Waals surface area contributed by atoms with Crippen LogP contribution in [0.4, 0.5) is 0 Å². The van der Waals surface area contributed by atoms with Gasteiger partial charge in [0.15, 0.2) is 11.7 Å². The quantitative estimate of drug-likeness (QED) is 0.509. The maximum Gasteiger partial charge on any atom is 0.344 e. The molecule has 1 N–H and O–H groups in total. The fourth-order valence-electron chi connectivity index (χ4n) is 6.21. The molecule has 3 aliphatic heterocycles. The summed E-state index contributed by atoms with van der Waals surface area (Å²) in [6, 6.07) is 14.5. The van der Waals surface area contributed by atoms with E-state index in [4.69, 9.17) is 4.74 Å². The van der Waals surface area contributed by atoms with Crippen LogP contribution in [0.25, 0.3) is 0 Å². The van der Waals surface area contributed by atoms with Gasteiger partial charge in [-0.15, -0.1) is 11.3 Å². The van der Waals surface area contributed by atoms with Gasteiger partial charge >= 0.3 is 5.97 Å². The smallest absolute Gasteiger partial charge is 0.344 e. The fourth-order valence-corrected chi connectivity index (χ4v) is 7.11. The van der Waals surface area contributed by atoms with Crippen molar-refractivity contribution in [2.45, 2.75) is 56.7 Å². The van der Waals surface area contributed by atoms with E-state index in [9.17, 15) is 9.90 Å². The van der Waals surface area contributed by atoms with E-state index in [1.807, 2.05) is 17.5 Å². The molecule has 5 heteroatoms. The average Bonchev–Trinajstić information content (AvgIpc) is 3.54. The third-order valence-electron chi connectivity index (χ3n) is 8.17. The number of fused-ring (bicyclic) bond motifs is 3. The molecule has 4 fully saturated rings. The Morgan fingerprint density at radius 2 is 1.81 bits per heavy atom. The number of benzene rings is 1.